The van der Waals surface area contributed by atoms with Crippen LogP contribution in [0.1, 0.15) is 0 Å². The van der Waals surface area contributed by atoms with E-state index in [2.05, 4.69) is 15.1 Å². The lowest BCUT2D eigenvalue weighted by Gasteiger charge is -2.04. The fraction of sp³-hybridized carbons (Fsp3) is 0.0714. The van der Waals surface area contributed by atoms with E-state index in [-0.39, 0.29) is 5.82 Å². The van der Waals surface area contributed by atoms with Crippen molar-refractivity contribution in [2.24, 2.45) is 7.05 Å². The number of benzene rings is 1. The Kier molecular flexibility index (Phi) is 2.90. The van der Waals surface area contributed by atoms with Gasteiger partial charge in [-0.15, -0.1) is 0 Å². The van der Waals surface area contributed by atoms with Gasteiger partial charge in [-0.2, -0.15) is 5.10 Å². The van der Waals surface area contributed by atoms with Gasteiger partial charge in [0.05, 0.1) is 11.9 Å². The molecule has 100 valence electrons. The van der Waals surface area contributed by atoms with Gasteiger partial charge in [0.15, 0.2) is 5.82 Å². The molecule has 0 aliphatic heterocycles. The Bertz CT molecular complexity index is 749. The number of halogens is 1. The van der Waals surface area contributed by atoms with Crippen molar-refractivity contribution in [3.05, 3.63) is 48.5 Å². The van der Waals surface area contributed by atoms with Crippen molar-refractivity contribution in [3.8, 4) is 22.6 Å². The van der Waals surface area contributed by atoms with Gasteiger partial charge in [-0.05, 0) is 24.3 Å². The van der Waals surface area contributed by atoms with Gasteiger partial charge in [-0.1, -0.05) is 0 Å². The summed E-state index contributed by atoms with van der Waals surface area (Å²) >= 11 is 0. The summed E-state index contributed by atoms with van der Waals surface area (Å²) in [5.41, 5.74) is 8.07. The van der Waals surface area contributed by atoms with Gasteiger partial charge in [0.25, 0.3) is 0 Å². The molecule has 0 atom stereocenters. The number of rotatable bonds is 2. The molecule has 0 saturated carbocycles. The number of hydrogen-bond acceptors (Lipinski definition) is 4. The first kappa shape index (κ1) is 12.3. The van der Waals surface area contributed by atoms with E-state index in [9.17, 15) is 4.39 Å². The summed E-state index contributed by atoms with van der Waals surface area (Å²) in [4.78, 5) is 8.63. The van der Waals surface area contributed by atoms with Gasteiger partial charge in [0, 0.05) is 30.4 Å². The summed E-state index contributed by atoms with van der Waals surface area (Å²) in [5, 5.41) is 4.10. The highest BCUT2D eigenvalue weighted by Crippen LogP contribution is 2.23. The highest BCUT2D eigenvalue weighted by atomic mass is 19.1. The number of hydrogen-bond donors (Lipinski definition) is 1. The van der Waals surface area contributed by atoms with Gasteiger partial charge < -0.3 is 5.73 Å². The summed E-state index contributed by atoms with van der Waals surface area (Å²) < 4.78 is 14.6. The summed E-state index contributed by atoms with van der Waals surface area (Å²) in [6, 6.07) is 7.66. The largest absolute Gasteiger partial charge is 0.384 e. The fourth-order valence-corrected chi connectivity index (χ4v) is 1.90. The zero-order valence-electron chi connectivity index (χ0n) is 10.8. The highest BCUT2D eigenvalue weighted by molar-refractivity contribution is 5.65. The van der Waals surface area contributed by atoms with Crippen LogP contribution in [0, 0.1) is 5.82 Å². The van der Waals surface area contributed by atoms with Crippen molar-refractivity contribution in [1.82, 2.24) is 19.7 Å². The molecule has 2 aromatic heterocycles. The first-order valence-electron chi connectivity index (χ1n) is 6.01. The molecule has 20 heavy (non-hydrogen) atoms. The summed E-state index contributed by atoms with van der Waals surface area (Å²) in [6.07, 6.45) is 3.55. The number of anilines is 1. The molecule has 1 aromatic carbocycles. The molecule has 0 amide bonds. The molecule has 0 aliphatic carbocycles. The standard InChI is InChI=1S/C14H12FN5/c1-20-8-10(7-17-20)12-6-13(16)19-14(18-12)9-2-4-11(15)5-3-9/h2-8H,1H3,(H2,16,18,19). The maximum absolute atomic E-state index is 13.0. The third-order valence-corrected chi connectivity index (χ3v) is 2.85. The van der Waals surface area contributed by atoms with Gasteiger partial charge >= 0.3 is 0 Å². The minimum Gasteiger partial charge on any atom is -0.384 e. The Balaban J connectivity index is 2.09. The van der Waals surface area contributed by atoms with Crippen LogP contribution in [-0.4, -0.2) is 19.7 Å². The van der Waals surface area contributed by atoms with Crippen LogP contribution in [0.4, 0.5) is 10.2 Å². The molecule has 0 bridgehead atoms. The molecule has 0 saturated heterocycles. The average molecular weight is 269 g/mol. The zero-order valence-corrected chi connectivity index (χ0v) is 10.8. The van der Waals surface area contributed by atoms with Crippen molar-refractivity contribution >= 4 is 5.82 Å². The predicted molar refractivity (Wildman–Crippen MR) is 74.0 cm³/mol. The second-order valence-corrected chi connectivity index (χ2v) is 4.41. The van der Waals surface area contributed by atoms with E-state index in [0.29, 0.717) is 22.9 Å². The molecule has 0 radical (unpaired) electrons. The lowest BCUT2D eigenvalue weighted by Crippen LogP contribution is -1.97. The van der Waals surface area contributed by atoms with Crippen molar-refractivity contribution in [3.63, 3.8) is 0 Å². The maximum Gasteiger partial charge on any atom is 0.162 e. The molecule has 6 heteroatoms. The minimum atomic E-state index is -0.301. The van der Waals surface area contributed by atoms with E-state index in [1.54, 1.807) is 29.1 Å². The summed E-state index contributed by atoms with van der Waals surface area (Å²) in [5.74, 6) is 0.521. The van der Waals surface area contributed by atoms with Gasteiger partial charge in [0.2, 0.25) is 0 Å². The zero-order chi connectivity index (χ0) is 14.1. The maximum atomic E-state index is 13.0. The lowest BCUT2D eigenvalue weighted by molar-refractivity contribution is 0.628. The molecule has 5 nitrogen and oxygen atoms in total. The number of nitrogens with zero attached hydrogens (tertiary/aromatic N) is 4. The van der Waals surface area contributed by atoms with Crippen LogP contribution < -0.4 is 5.73 Å². The van der Waals surface area contributed by atoms with Crippen LogP contribution >= 0.6 is 0 Å². The highest BCUT2D eigenvalue weighted by Gasteiger charge is 2.08. The lowest BCUT2D eigenvalue weighted by atomic mass is 10.2. The summed E-state index contributed by atoms with van der Waals surface area (Å²) in [6.45, 7) is 0. The second-order valence-electron chi connectivity index (χ2n) is 4.41. The molecule has 0 spiro atoms. The number of nitrogens with two attached hydrogens (primary N) is 1. The van der Waals surface area contributed by atoms with E-state index in [1.807, 2.05) is 13.2 Å². The van der Waals surface area contributed by atoms with E-state index in [0.717, 1.165) is 5.56 Å². The smallest absolute Gasteiger partial charge is 0.162 e. The van der Waals surface area contributed by atoms with Gasteiger partial charge in [0.1, 0.15) is 11.6 Å². The van der Waals surface area contributed by atoms with E-state index in [4.69, 9.17) is 5.73 Å². The number of aryl methyl sites for hydroxylation is 1. The molecule has 2 heterocycles. The van der Waals surface area contributed by atoms with Crippen LogP contribution in [0.25, 0.3) is 22.6 Å². The first-order valence-corrected chi connectivity index (χ1v) is 6.01. The summed E-state index contributed by atoms with van der Waals surface area (Å²) in [7, 11) is 1.83. The average Bonchev–Trinajstić information content (AvgIpc) is 2.85. The van der Waals surface area contributed by atoms with Crippen LogP contribution in [0.15, 0.2) is 42.7 Å². The second kappa shape index (κ2) is 4.73. The number of aromatic nitrogens is 4. The first-order chi connectivity index (χ1) is 9.61. The van der Waals surface area contributed by atoms with Crippen LogP contribution in [0.2, 0.25) is 0 Å². The molecule has 3 aromatic rings. The van der Waals surface area contributed by atoms with Gasteiger partial charge in [-0.3, -0.25) is 4.68 Å². The molecule has 3 rings (SSSR count). The Morgan fingerprint density at radius 3 is 2.50 bits per heavy atom. The van der Waals surface area contributed by atoms with E-state index in [1.165, 1.54) is 12.1 Å². The SMILES string of the molecule is Cn1cc(-c2cc(N)nc(-c3ccc(F)cc3)n2)cn1. The topological polar surface area (TPSA) is 69.6 Å². The van der Waals surface area contributed by atoms with Crippen LogP contribution in [0.3, 0.4) is 0 Å². The monoisotopic (exact) mass is 269 g/mol. The molecule has 2 N–H and O–H groups in total. The Hall–Kier alpha value is -2.76. The van der Waals surface area contributed by atoms with Gasteiger partial charge in [-0.25, -0.2) is 14.4 Å². The normalized spacial score (nSPS) is 10.7. The molecular weight excluding hydrogens is 257 g/mol. The quantitative estimate of drug-likeness (QED) is 0.774. The third kappa shape index (κ3) is 2.35. The molecule has 0 unspecified atom stereocenters. The van der Waals surface area contributed by atoms with E-state index < -0.39 is 0 Å². The Morgan fingerprint density at radius 1 is 1.10 bits per heavy atom. The van der Waals surface area contributed by atoms with Crippen molar-refractivity contribution in [2.75, 3.05) is 5.73 Å². The number of nitrogen functional groups attached to an aromatic ring is 1. The Morgan fingerprint density at radius 2 is 1.85 bits per heavy atom. The molecular formula is C14H12FN5. The van der Waals surface area contributed by atoms with Crippen molar-refractivity contribution in [2.45, 2.75) is 0 Å². The molecule has 0 aliphatic rings. The van der Waals surface area contributed by atoms with Crippen LogP contribution in [0.5, 0.6) is 0 Å². The third-order valence-electron chi connectivity index (χ3n) is 2.85. The minimum absolute atomic E-state index is 0.301. The van der Waals surface area contributed by atoms with Crippen molar-refractivity contribution < 1.29 is 4.39 Å². The predicted octanol–water partition coefficient (Wildman–Crippen LogP) is 2.27. The van der Waals surface area contributed by atoms with Crippen molar-refractivity contribution in [1.29, 1.82) is 0 Å². The molecule has 0 fully saturated rings. The fourth-order valence-electron chi connectivity index (χ4n) is 1.90. The van der Waals surface area contributed by atoms with E-state index >= 15 is 0 Å². The Labute approximate surface area is 114 Å². The van der Waals surface area contributed by atoms with Crippen LogP contribution in [-0.2, 0) is 7.05 Å².